The first kappa shape index (κ1) is 15.1. The topological polar surface area (TPSA) is 35.5 Å². The van der Waals surface area contributed by atoms with Crippen LogP contribution in [0.4, 0.5) is 5.69 Å². The van der Waals surface area contributed by atoms with Gasteiger partial charge in [0.15, 0.2) is 0 Å². The van der Waals surface area contributed by atoms with Gasteiger partial charge in [-0.3, -0.25) is 0 Å². The Bertz CT molecular complexity index is 508. The van der Waals surface area contributed by atoms with Crippen molar-refractivity contribution in [3.05, 3.63) is 28.8 Å². The van der Waals surface area contributed by atoms with Gasteiger partial charge in [-0.2, -0.15) is 0 Å². The Labute approximate surface area is 132 Å². The molecule has 2 atom stereocenters. The van der Waals surface area contributed by atoms with Crippen LogP contribution in [0.15, 0.2) is 18.2 Å². The van der Waals surface area contributed by atoms with Gasteiger partial charge in [0.25, 0.3) is 0 Å². The molecular formula is C17H25ClN2O. The van der Waals surface area contributed by atoms with E-state index in [0.717, 1.165) is 43.9 Å². The minimum atomic E-state index is -0.420. The lowest BCUT2D eigenvalue weighted by molar-refractivity contribution is -0.0612. The van der Waals surface area contributed by atoms with Crippen LogP contribution in [0.25, 0.3) is 0 Å². The third-order valence-corrected chi connectivity index (χ3v) is 5.57. The molecule has 116 valence electrons. The molecule has 1 aliphatic heterocycles. The van der Waals surface area contributed by atoms with Crippen molar-refractivity contribution in [1.82, 2.24) is 5.32 Å². The van der Waals surface area contributed by atoms with Crippen LogP contribution in [-0.4, -0.2) is 30.8 Å². The lowest BCUT2D eigenvalue weighted by Gasteiger charge is -2.48. The Kier molecular flexibility index (Phi) is 4.43. The molecule has 3 rings (SSSR count). The van der Waals surface area contributed by atoms with Crippen LogP contribution in [0.5, 0.6) is 0 Å². The number of benzene rings is 1. The van der Waals surface area contributed by atoms with Crippen molar-refractivity contribution in [2.24, 2.45) is 5.92 Å². The van der Waals surface area contributed by atoms with Crippen molar-refractivity contribution in [2.75, 3.05) is 25.0 Å². The van der Waals surface area contributed by atoms with Crippen LogP contribution in [-0.2, 0) is 6.54 Å². The summed E-state index contributed by atoms with van der Waals surface area (Å²) in [6.45, 7) is 2.65. The average Bonchev–Trinajstić information content (AvgIpc) is 2.49. The molecule has 0 aromatic heterocycles. The molecule has 1 aromatic rings. The molecule has 0 spiro atoms. The van der Waals surface area contributed by atoms with Crippen molar-refractivity contribution in [2.45, 2.75) is 44.2 Å². The maximum Gasteiger partial charge on any atom is 0.0709 e. The number of hydrogen-bond donors (Lipinski definition) is 2. The van der Waals surface area contributed by atoms with Gasteiger partial charge in [0, 0.05) is 41.8 Å². The molecule has 2 aliphatic rings. The summed E-state index contributed by atoms with van der Waals surface area (Å²) in [7, 11) is 1.95. The second-order valence-corrected chi connectivity index (χ2v) is 6.92. The molecule has 0 amide bonds. The first-order valence-electron chi connectivity index (χ1n) is 8.03. The van der Waals surface area contributed by atoms with Crippen molar-refractivity contribution in [3.63, 3.8) is 0 Å². The van der Waals surface area contributed by atoms with Crippen molar-refractivity contribution >= 4 is 17.3 Å². The molecule has 1 aromatic carbocycles. The summed E-state index contributed by atoms with van der Waals surface area (Å²) in [4.78, 5) is 2.42. The summed E-state index contributed by atoms with van der Waals surface area (Å²) in [5, 5.41) is 14.9. The molecular weight excluding hydrogens is 284 g/mol. The van der Waals surface area contributed by atoms with Crippen molar-refractivity contribution in [3.8, 4) is 0 Å². The summed E-state index contributed by atoms with van der Waals surface area (Å²) < 4.78 is 0. The summed E-state index contributed by atoms with van der Waals surface area (Å²) in [5.74, 6) is 0.404. The van der Waals surface area contributed by atoms with Gasteiger partial charge in [0.05, 0.1) is 5.60 Å². The normalized spacial score (nSPS) is 29.3. The van der Waals surface area contributed by atoms with Gasteiger partial charge in [-0.25, -0.2) is 0 Å². The molecule has 2 fully saturated rings. The van der Waals surface area contributed by atoms with Gasteiger partial charge in [0.2, 0.25) is 0 Å². The first-order chi connectivity index (χ1) is 10.1. The smallest absolute Gasteiger partial charge is 0.0709 e. The van der Waals surface area contributed by atoms with Gasteiger partial charge < -0.3 is 15.3 Å². The molecule has 21 heavy (non-hydrogen) atoms. The van der Waals surface area contributed by atoms with Crippen LogP contribution >= 0.6 is 11.6 Å². The molecule has 0 radical (unpaired) electrons. The Balaban J connectivity index is 1.84. The zero-order chi connectivity index (χ0) is 14.9. The molecule has 1 saturated heterocycles. The minimum Gasteiger partial charge on any atom is -0.389 e. The fourth-order valence-electron chi connectivity index (χ4n) is 3.98. The quantitative estimate of drug-likeness (QED) is 0.900. The number of aliphatic hydroxyl groups is 1. The summed E-state index contributed by atoms with van der Waals surface area (Å²) in [6, 6.07) is 6.14. The third-order valence-electron chi connectivity index (χ3n) is 5.22. The van der Waals surface area contributed by atoms with E-state index in [1.165, 1.54) is 24.1 Å². The standard InChI is InChI=1S/C17H25ClN2O/c1-19-11-14-15(18)6-4-7-16(14)20-10-9-17(21)8-3-2-5-13(17)12-20/h4,6-7,13,19,21H,2-3,5,8-12H2,1H3. The van der Waals surface area contributed by atoms with E-state index in [1.54, 1.807) is 0 Å². The Morgan fingerprint density at radius 3 is 3.05 bits per heavy atom. The number of anilines is 1. The highest BCUT2D eigenvalue weighted by Gasteiger charge is 2.43. The third kappa shape index (κ3) is 2.92. The zero-order valence-corrected chi connectivity index (χ0v) is 13.5. The maximum atomic E-state index is 10.8. The van der Waals surface area contributed by atoms with Gasteiger partial charge in [0.1, 0.15) is 0 Å². The molecule has 3 nitrogen and oxygen atoms in total. The van der Waals surface area contributed by atoms with Gasteiger partial charge in [-0.1, -0.05) is 30.5 Å². The fraction of sp³-hybridized carbons (Fsp3) is 0.647. The SMILES string of the molecule is CNCc1c(Cl)cccc1N1CCC2(O)CCCCC2C1. The van der Waals surface area contributed by atoms with E-state index < -0.39 is 5.60 Å². The number of nitrogens with zero attached hydrogens (tertiary/aromatic N) is 1. The number of nitrogens with one attached hydrogen (secondary N) is 1. The van der Waals surface area contributed by atoms with Crippen LogP contribution in [0, 0.1) is 5.92 Å². The number of halogens is 1. The lowest BCUT2D eigenvalue weighted by Crippen LogP contribution is -2.53. The van der Waals surface area contributed by atoms with Crippen LogP contribution < -0.4 is 10.2 Å². The van der Waals surface area contributed by atoms with Crippen LogP contribution in [0.1, 0.15) is 37.7 Å². The highest BCUT2D eigenvalue weighted by Crippen LogP contribution is 2.41. The maximum absolute atomic E-state index is 10.8. The highest BCUT2D eigenvalue weighted by atomic mass is 35.5. The predicted octanol–water partition coefficient (Wildman–Crippen LogP) is 3.19. The van der Waals surface area contributed by atoms with E-state index in [0.29, 0.717) is 5.92 Å². The summed E-state index contributed by atoms with van der Waals surface area (Å²) in [5.41, 5.74) is 1.98. The number of piperidine rings is 1. The largest absolute Gasteiger partial charge is 0.389 e. The minimum absolute atomic E-state index is 0.404. The molecule has 2 unspecified atom stereocenters. The summed E-state index contributed by atoms with van der Waals surface area (Å²) >= 11 is 6.38. The second-order valence-electron chi connectivity index (χ2n) is 6.51. The molecule has 1 heterocycles. The fourth-order valence-corrected chi connectivity index (χ4v) is 4.22. The molecule has 2 N–H and O–H groups in total. The van der Waals surface area contributed by atoms with Crippen molar-refractivity contribution < 1.29 is 5.11 Å². The van der Waals surface area contributed by atoms with Gasteiger partial charge >= 0.3 is 0 Å². The Hall–Kier alpha value is -0.770. The summed E-state index contributed by atoms with van der Waals surface area (Å²) in [6.07, 6.45) is 5.43. The van der Waals surface area contributed by atoms with E-state index in [1.807, 2.05) is 19.2 Å². The number of hydrogen-bond acceptors (Lipinski definition) is 3. The van der Waals surface area contributed by atoms with Crippen LogP contribution in [0.2, 0.25) is 5.02 Å². The Morgan fingerprint density at radius 2 is 2.24 bits per heavy atom. The molecule has 1 aliphatic carbocycles. The van der Waals surface area contributed by atoms with E-state index in [4.69, 9.17) is 11.6 Å². The van der Waals surface area contributed by atoms with Crippen molar-refractivity contribution in [1.29, 1.82) is 0 Å². The van der Waals surface area contributed by atoms with E-state index in [-0.39, 0.29) is 0 Å². The first-order valence-corrected chi connectivity index (χ1v) is 8.41. The number of rotatable bonds is 3. The second kappa shape index (κ2) is 6.15. The predicted molar refractivity (Wildman–Crippen MR) is 88.0 cm³/mol. The zero-order valence-electron chi connectivity index (χ0n) is 12.7. The van der Waals surface area contributed by atoms with Gasteiger partial charge in [-0.15, -0.1) is 0 Å². The molecule has 0 bridgehead atoms. The lowest BCUT2D eigenvalue weighted by atomic mass is 9.71. The van der Waals surface area contributed by atoms with Crippen LogP contribution in [0.3, 0.4) is 0 Å². The van der Waals surface area contributed by atoms with E-state index >= 15 is 0 Å². The monoisotopic (exact) mass is 308 g/mol. The average molecular weight is 309 g/mol. The van der Waals surface area contributed by atoms with Gasteiger partial charge in [-0.05, 0) is 38.4 Å². The molecule has 4 heteroatoms. The Morgan fingerprint density at radius 1 is 1.38 bits per heavy atom. The van der Waals surface area contributed by atoms with E-state index in [2.05, 4.69) is 16.3 Å². The number of fused-ring (bicyclic) bond motifs is 1. The molecule has 1 saturated carbocycles. The van der Waals surface area contributed by atoms with E-state index in [9.17, 15) is 5.11 Å². The highest BCUT2D eigenvalue weighted by molar-refractivity contribution is 6.31.